The van der Waals surface area contributed by atoms with Crippen LogP contribution in [0.1, 0.15) is 16.9 Å². The second-order valence-electron chi connectivity index (χ2n) is 7.23. The van der Waals surface area contributed by atoms with Crippen molar-refractivity contribution in [2.24, 2.45) is 5.92 Å². The Kier molecular flexibility index (Phi) is 6.27. The van der Waals surface area contributed by atoms with E-state index in [0.29, 0.717) is 5.69 Å². The maximum absolute atomic E-state index is 13.9. The fourth-order valence-corrected chi connectivity index (χ4v) is 3.81. The van der Waals surface area contributed by atoms with Crippen molar-refractivity contribution in [3.8, 4) is 0 Å². The van der Waals surface area contributed by atoms with Gasteiger partial charge in [-0.05, 0) is 48.5 Å². The number of aromatic nitrogens is 1. The van der Waals surface area contributed by atoms with Gasteiger partial charge in [0, 0.05) is 29.3 Å². The van der Waals surface area contributed by atoms with Crippen LogP contribution in [0.3, 0.4) is 0 Å². The van der Waals surface area contributed by atoms with Gasteiger partial charge in [0.15, 0.2) is 0 Å². The Bertz CT molecular complexity index is 1190. The topological polar surface area (TPSA) is 91.4 Å². The molecule has 1 fully saturated rings. The Morgan fingerprint density at radius 3 is 2.62 bits per heavy atom. The van der Waals surface area contributed by atoms with Gasteiger partial charge in [0.25, 0.3) is 5.91 Å². The van der Waals surface area contributed by atoms with Crippen LogP contribution in [0.15, 0.2) is 71.3 Å². The van der Waals surface area contributed by atoms with Gasteiger partial charge in [0.05, 0.1) is 17.3 Å². The molecule has 162 valence electrons. The van der Waals surface area contributed by atoms with Crippen molar-refractivity contribution >= 4 is 50.7 Å². The third kappa shape index (κ3) is 4.83. The summed E-state index contributed by atoms with van der Waals surface area (Å²) in [6, 6.07) is 15.8. The van der Waals surface area contributed by atoms with Crippen molar-refractivity contribution in [1.29, 1.82) is 0 Å². The number of hydrogen-bond acceptors (Lipinski definition) is 4. The predicted molar refractivity (Wildman–Crippen MR) is 122 cm³/mol. The molecule has 4 rings (SSSR count). The first-order valence-electron chi connectivity index (χ1n) is 9.79. The molecule has 1 aromatic heterocycles. The van der Waals surface area contributed by atoms with Crippen LogP contribution in [-0.4, -0.2) is 29.3 Å². The summed E-state index contributed by atoms with van der Waals surface area (Å²) in [6.45, 7) is 0.200. The van der Waals surface area contributed by atoms with Crippen LogP contribution in [0.4, 0.5) is 21.5 Å². The van der Waals surface area contributed by atoms with E-state index in [1.54, 1.807) is 29.2 Å². The van der Waals surface area contributed by atoms with Gasteiger partial charge in [-0.25, -0.2) is 4.39 Å². The lowest BCUT2D eigenvalue weighted by atomic mass is 10.1. The highest BCUT2D eigenvalue weighted by Gasteiger charge is 2.35. The average Bonchev–Trinajstić information content (AvgIpc) is 3.18. The molecule has 0 aliphatic carbocycles. The molecule has 2 N–H and O–H groups in total. The smallest absolute Gasteiger partial charge is 0.274 e. The highest BCUT2D eigenvalue weighted by atomic mass is 79.9. The van der Waals surface area contributed by atoms with Crippen LogP contribution in [0.2, 0.25) is 0 Å². The minimum absolute atomic E-state index is 0.0310. The predicted octanol–water partition coefficient (Wildman–Crippen LogP) is 4.23. The van der Waals surface area contributed by atoms with Gasteiger partial charge in [0.1, 0.15) is 11.5 Å². The molecule has 0 saturated carbocycles. The molecule has 1 aliphatic rings. The number of carbonyl (C=O) groups excluding carboxylic acids is 3. The van der Waals surface area contributed by atoms with Crippen LogP contribution in [0, 0.1) is 11.7 Å². The van der Waals surface area contributed by atoms with Crippen molar-refractivity contribution in [1.82, 2.24) is 4.98 Å². The fraction of sp³-hybridized carbons (Fsp3) is 0.130. The molecule has 0 bridgehead atoms. The summed E-state index contributed by atoms with van der Waals surface area (Å²) in [5.41, 5.74) is 1.20. The van der Waals surface area contributed by atoms with E-state index in [1.165, 1.54) is 24.4 Å². The molecule has 1 atom stereocenters. The number of nitrogens with zero attached hydrogens (tertiary/aromatic N) is 2. The Labute approximate surface area is 191 Å². The molecule has 1 saturated heterocycles. The van der Waals surface area contributed by atoms with Gasteiger partial charge in [-0.1, -0.05) is 28.1 Å². The molecule has 3 aromatic rings. The molecule has 2 aromatic carbocycles. The van der Waals surface area contributed by atoms with Crippen molar-refractivity contribution in [2.75, 3.05) is 22.1 Å². The number of nitrogens with one attached hydrogen (secondary N) is 2. The Balaban J connectivity index is 1.49. The molecule has 0 spiro atoms. The van der Waals surface area contributed by atoms with E-state index in [4.69, 9.17) is 0 Å². The number of carbonyl (C=O) groups is 3. The zero-order valence-corrected chi connectivity index (χ0v) is 18.3. The first-order chi connectivity index (χ1) is 15.4. The number of pyridine rings is 1. The SMILES string of the molecule is O=C(Nc1ccc(F)cc1NC(=O)C1CC(=O)N(c2cccc(Br)c2)C1)c1ccccn1. The minimum atomic E-state index is -0.621. The van der Waals surface area contributed by atoms with Crippen LogP contribution in [0.25, 0.3) is 0 Å². The van der Waals surface area contributed by atoms with Crippen molar-refractivity contribution in [3.63, 3.8) is 0 Å². The van der Waals surface area contributed by atoms with E-state index in [-0.39, 0.29) is 35.9 Å². The van der Waals surface area contributed by atoms with Gasteiger partial charge in [-0.15, -0.1) is 0 Å². The van der Waals surface area contributed by atoms with Gasteiger partial charge < -0.3 is 15.5 Å². The molecular weight excluding hydrogens is 479 g/mol. The van der Waals surface area contributed by atoms with Crippen LogP contribution < -0.4 is 15.5 Å². The zero-order chi connectivity index (χ0) is 22.7. The summed E-state index contributed by atoms with van der Waals surface area (Å²) >= 11 is 3.38. The van der Waals surface area contributed by atoms with Crippen LogP contribution in [0.5, 0.6) is 0 Å². The molecule has 1 unspecified atom stereocenters. The lowest BCUT2D eigenvalue weighted by Gasteiger charge is -2.17. The summed E-state index contributed by atoms with van der Waals surface area (Å²) < 4.78 is 14.7. The number of benzene rings is 2. The maximum atomic E-state index is 13.9. The van der Waals surface area contributed by atoms with Gasteiger partial charge >= 0.3 is 0 Å². The molecule has 32 heavy (non-hydrogen) atoms. The van der Waals surface area contributed by atoms with Crippen molar-refractivity contribution in [3.05, 3.63) is 82.8 Å². The molecular formula is C23H18BrFN4O3. The molecule has 0 radical (unpaired) electrons. The number of amides is 3. The van der Waals surface area contributed by atoms with E-state index in [2.05, 4.69) is 31.5 Å². The first-order valence-corrected chi connectivity index (χ1v) is 10.6. The van der Waals surface area contributed by atoms with E-state index in [0.717, 1.165) is 10.5 Å². The van der Waals surface area contributed by atoms with E-state index < -0.39 is 23.5 Å². The van der Waals surface area contributed by atoms with Crippen LogP contribution in [-0.2, 0) is 9.59 Å². The number of rotatable bonds is 5. The third-order valence-electron chi connectivity index (χ3n) is 5.00. The minimum Gasteiger partial charge on any atom is -0.324 e. The first kappa shape index (κ1) is 21.6. The standard InChI is InChI=1S/C23H18BrFN4O3/c24-15-4-3-5-17(11-15)29-13-14(10-21(29)30)22(31)28-20-12-16(25)7-8-18(20)27-23(32)19-6-1-2-9-26-19/h1-9,11-12,14H,10,13H2,(H,27,32)(H,28,31). The molecule has 2 heterocycles. The Morgan fingerprint density at radius 1 is 1.03 bits per heavy atom. The van der Waals surface area contributed by atoms with Crippen molar-refractivity contribution < 1.29 is 18.8 Å². The molecule has 3 amide bonds. The number of halogens is 2. The fourth-order valence-electron chi connectivity index (χ4n) is 3.42. The Morgan fingerprint density at radius 2 is 1.88 bits per heavy atom. The van der Waals surface area contributed by atoms with Crippen LogP contribution >= 0.6 is 15.9 Å². The summed E-state index contributed by atoms with van der Waals surface area (Å²) in [6.07, 6.45) is 1.51. The Hall–Kier alpha value is -3.59. The zero-order valence-electron chi connectivity index (χ0n) is 16.7. The highest BCUT2D eigenvalue weighted by molar-refractivity contribution is 9.10. The van der Waals surface area contributed by atoms with Gasteiger partial charge in [-0.3, -0.25) is 19.4 Å². The average molecular weight is 497 g/mol. The maximum Gasteiger partial charge on any atom is 0.274 e. The highest BCUT2D eigenvalue weighted by Crippen LogP contribution is 2.29. The van der Waals surface area contributed by atoms with Gasteiger partial charge in [0.2, 0.25) is 11.8 Å². The largest absolute Gasteiger partial charge is 0.324 e. The number of anilines is 3. The van der Waals surface area contributed by atoms with E-state index in [1.807, 2.05) is 12.1 Å². The summed E-state index contributed by atoms with van der Waals surface area (Å²) in [4.78, 5) is 43.3. The second-order valence-corrected chi connectivity index (χ2v) is 8.15. The second kappa shape index (κ2) is 9.27. The summed E-state index contributed by atoms with van der Waals surface area (Å²) in [7, 11) is 0. The van der Waals surface area contributed by atoms with Crippen molar-refractivity contribution in [2.45, 2.75) is 6.42 Å². The summed E-state index contributed by atoms with van der Waals surface area (Å²) in [5.74, 6) is -2.30. The lowest BCUT2D eigenvalue weighted by molar-refractivity contribution is -0.122. The normalized spacial score (nSPS) is 15.5. The molecule has 1 aliphatic heterocycles. The van der Waals surface area contributed by atoms with E-state index >= 15 is 0 Å². The van der Waals surface area contributed by atoms with E-state index in [9.17, 15) is 18.8 Å². The number of hydrogen-bond donors (Lipinski definition) is 2. The van der Waals surface area contributed by atoms with Gasteiger partial charge in [-0.2, -0.15) is 0 Å². The molecule has 9 heteroatoms. The third-order valence-corrected chi connectivity index (χ3v) is 5.49. The monoisotopic (exact) mass is 496 g/mol. The lowest BCUT2D eigenvalue weighted by Crippen LogP contribution is -2.28. The quantitative estimate of drug-likeness (QED) is 0.552. The molecule has 7 nitrogen and oxygen atoms in total. The summed E-state index contributed by atoms with van der Waals surface area (Å²) in [5, 5.41) is 5.29.